The molecular weight excluding hydrogens is 233 g/mol. The molecule has 1 aromatic rings. The third-order valence-corrected chi connectivity index (χ3v) is 2.12. The SMILES string of the molecule is CC(C)c1[c-]cccc1C(C)C.[Y]. The van der Waals surface area contributed by atoms with Crippen LogP contribution >= 0.6 is 0 Å². The Bertz CT molecular complexity index is 224. The van der Waals surface area contributed by atoms with Crippen LogP contribution in [-0.2, 0) is 32.7 Å². The van der Waals surface area contributed by atoms with Crippen molar-refractivity contribution in [1.29, 1.82) is 0 Å². The zero-order valence-corrected chi connectivity index (χ0v) is 11.8. The van der Waals surface area contributed by atoms with E-state index in [2.05, 4.69) is 45.9 Å². The van der Waals surface area contributed by atoms with Gasteiger partial charge >= 0.3 is 0 Å². The summed E-state index contributed by atoms with van der Waals surface area (Å²) in [4.78, 5) is 0. The van der Waals surface area contributed by atoms with Crippen LogP contribution in [-0.4, -0.2) is 0 Å². The first kappa shape index (κ1) is 13.3. The molecule has 0 saturated carbocycles. The summed E-state index contributed by atoms with van der Waals surface area (Å²) in [6.07, 6.45) is 0. The Morgan fingerprint density at radius 2 is 1.69 bits per heavy atom. The normalized spacial score (nSPS) is 10.3. The molecular formula is C12H17Y-. The predicted molar refractivity (Wildman–Crippen MR) is 53.5 cm³/mol. The van der Waals surface area contributed by atoms with Gasteiger partial charge in [-0.25, -0.2) is 0 Å². The third-order valence-electron chi connectivity index (χ3n) is 2.12. The second-order valence-electron chi connectivity index (χ2n) is 3.85. The maximum Gasteiger partial charge on any atom is 0 e. The summed E-state index contributed by atoms with van der Waals surface area (Å²) in [5, 5.41) is 0. The summed E-state index contributed by atoms with van der Waals surface area (Å²) < 4.78 is 0. The fraction of sp³-hybridized carbons (Fsp3) is 0.500. The molecule has 0 aliphatic carbocycles. The van der Waals surface area contributed by atoms with Crippen LogP contribution < -0.4 is 0 Å². The maximum absolute atomic E-state index is 3.32. The number of hydrogen-bond acceptors (Lipinski definition) is 0. The first-order valence-electron chi connectivity index (χ1n) is 4.63. The molecule has 0 saturated heterocycles. The minimum Gasteiger partial charge on any atom is -0.180 e. The molecule has 0 heterocycles. The van der Waals surface area contributed by atoms with E-state index in [1.54, 1.807) is 0 Å². The second kappa shape index (κ2) is 5.93. The zero-order chi connectivity index (χ0) is 9.14. The van der Waals surface area contributed by atoms with E-state index in [0.717, 1.165) is 0 Å². The molecule has 0 aliphatic heterocycles. The van der Waals surface area contributed by atoms with Crippen LogP contribution in [0.25, 0.3) is 0 Å². The molecule has 0 unspecified atom stereocenters. The minimum atomic E-state index is 0. The van der Waals surface area contributed by atoms with Crippen LogP contribution in [0.2, 0.25) is 0 Å². The number of hydrogen-bond donors (Lipinski definition) is 0. The quantitative estimate of drug-likeness (QED) is 0.701. The Balaban J connectivity index is 0.00000144. The topological polar surface area (TPSA) is 0 Å². The van der Waals surface area contributed by atoms with Crippen LogP contribution in [0.15, 0.2) is 18.2 Å². The average Bonchev–Trinajstić information content (AvgIpc) is 2.04. The van der Waals surface area contributed by atoms with Gasteiger partial charge in [0.2, 0.25) is 0 Å². The molecule has 0 amide bonds. The van der Waals surface area contributed by atoms with Gasteiger partial charge in [-0.1, -0.05) is 33.6 Å². The summed E-state index contributed by atoms with van der Waals surface area (Å²) in [6, 6.07) is 9.59. The Labute approximate surface area is 107 Å². The first-order valence-corrected chi connectivity index (χ1v) is 4.63. The van der Waals surface area contributed by atoms with E-state index in [9.17, 15) is 0 Å². The van der Waals surface area contributed by atoms with Crippen molar-refractivity contribution in [2.24, 2.45) is 0 Å². The third kappa shape index (κ3) is 3.52. The summed E-state index contributed by atoms with van der Waals surface area (Å²) in [7, 11) is 0. The minimum absolute atomic E-state index is 0. The molecule has 0 aliphatic rings. The van der Waals surface area contributed by atoms with Crippen molar-refractivity contribution in [2.45, 2.75) is 39.5 Å². The summed E-state index contributed by atoms with van der Waals surface area (Å²) in [5.41, 5.74) is 2.81. The summed E-state index contributed by atoms with van der Waals surface area (Å²) in [6.45, 7) is 8.90. The smallest absolute Gasteiger partial charge is 0 e. The zero-order valence-electron chi connectivity index (χ0n) is 8.96. The molecule has 69 valence electrons. The Morgan fingerprint density at radius 1 is 1.08 bits per heavy atom. The van der Waals surface area contributed by atoms with Crippen LogP contribution in [0, 0.1) is 6.07 Å². The molecule has 0 bridgehead atoms. The molecule has 0 aromatic heterocycles. The van der Waals surface area contributed by atoms with Gasteiger partial charge in [0.1, 0.15) is 0 Å². The number of rotatable bonds is 2. The van der Waals surface area contributed by atoms with Gasteiger partial charge < -0.3 is 0 Å². The van der Waals surface area contributed by atoms with Gasteiger partial charge in [-0.2, -0.15) is 35.4 Å². The van der Waals surface area contributed by atoms with E-state index < -0.39 is 0 Å². The monoisotopic (exact) mass is 250 g/mol. The van der Waals surface area contributed by atoms with Crippen molar-refractivity contribution >= 4 is 0 Å². The van der Waals surface area contributed by atoms with E-state index in [1.807, 2.05) is 6.07 Å². The fourth-order valence-corrected chi connectivity index (χ4v) is 1.47. The average molecular weight is 250 g/mol. The van der Waals surface area contributed by atoms with E-state index >= 15 is 0 Å². The van der Waals surface area contributed by atoms with Crippen molar-refractivity contribution in [3.8, 4) is 0 Å². The van der Waals surface area contributed by atoms with Crippen molar-refractivity contribution in [1.82, 2.24) is 0 Å². The van der Waals surface area contributed by atoms with E-state index in [4.69, 9.17) is 0 Å². The van der Waals surface area contributed by atoms with Gasteiger partial charge in [-0.3, -0.25) is 0 Å². The van der Waals surface area contributed by atoms with Gasteiger partial charge in [-0.15, -0.1) is 0 Å². The molecule has 0 nitrogen and oxygen atoms in total. The van der Waals surface area contributed by atoms with Crippen LogP contribution in [0.3, 0.4) is 0 Å². The van der Waals surface area contributed by atoms with Crippen LogP contribution in [0.1, 0.15) is 50.7 Å². The van der Waals surface area contributed by atoms with Gasteiger partial charge in [0.15, 0.2) is 0 Å². The van der Waals surface area contributed by atoms with Crippen LogP contribution in [0.4, 0.5) is 0 Å². The van der Waals surface area contributed by atoms with Crippen LogP contribution in [0.5, 0.6) is 0 Å². The molecule has 0 spiro atoms. The van der Waals surface area contributed by atoms with Gasteiger partial charge in [0.25, 0.3) is 0 Å². The Morgan fingerprint density at radius 3 is 2.08 bits per heavy atom. The van der Waals surface area contributed by atoms with E-state index in [-0.39, 0.29) is 32.7 Å². The number of benzene rings is 1. The molecule has 1 radical (unpaired) electrons. The Hall–Kier alpha value is 0.324. The molecule has 0 atom stereocenters. The summed E-state index contributed by atoms with van der Waals surface area (Å²) >= 11 is 0. The molecule has 0 fully saturated rings. The maximum atomic E-state index is 3.32. The molecule has 1 heteroatoms. The fourth-order valence-electron chi connectivity index (χ4n) is 1.47. The van der Waals surface area contributed by atoms with Gasteiger partial charge in [0.05, 0.1) is 0 Å². The largest absolute Gasteiger partial charge is 0.180 e. The van der Waals surface area contributed by atoms with Crippen molar-refractivity contribution in [3.63, 3.8) is 0 Å². The van der Waals surface area contributed by atoms with E-state index in [1.165, 1.54) is 11.1 Å². The summed E-state index contributed by atoms with van der Waals surface area (Å²) in [5.74, 6) is 1.20. The van der Waals surface area contributed by atoms with Crippen molar-refractivity contribution in [3.05, 3.63) is 35.4 Å². The molecule has 0 N–H and O–H groups in total. The van der Waals surface area contributed by atoms with Crippen molar-refractivity contribution < 1.29 is 32.7 Å². The van der Waals surface area contributed by atoms with Crippen molar-refractivity contribution in [2.75, 3.05) is 0 Å². The molecule has 1 rings (SSSR count). The Kier molecular flexibility index (Phi) is 6.08. The van der Waals surface area contributed by atoms with Gasteiger partial charge in [-0.05, 0) is 5.92 Å². The molecule has 13 heavy (non-hydrogen) atoms. The standard InChI is InChI=1S/C12H17.Y/c1-9(2)11-7-5-6-8-12(11)10(3)4;/h5-7,9-10H,1-4H3;/q-1;. The molecule has 1 aromatic carbocycles. The van der Waals surface area contributed by atoms with E-state index in [0.29, 0.717) is 11.8 Å². The predicted octanol–water partition coefficient (Wildman–Crippen LogP) is 3.73. The second-order valence-corrected chi connectivity index (χ2v) is 3.85. The first-order chi connectivity index (χ1) is 5.63. The van der Waals surface area contributed by atoms with Gasteiger partial charge in [0, 0.05) is 32.7 Å².